The van der Waals surface area contributed by atoms with Crippen LogP contribution < -0.4 is 9.47 Å². The number of imide groups is 1. The maximum absolute atomic E-state index is 13.0. The van der Waals surface area contributed by atoms with E-state index in [1.165, 1.54) is 25.3 Å². The maximum atomic E-state index is 13.0. The van der Waals surface area contributed by atoms with E-state index in [-0.39, 0.29) is 40.4 Å². The molecule has 4 rings (SSSR count). The lowest BCUT2D eigenvalue weighted by atomic mass is 10.1. The second-order valence-corrected chi connectivity index (χ2v) is 10.2. The topological polar surface area (TPSA) is 119 Å². The summed E-state index contributed by atoms with van der Waals surface area (Å²) in [6.45, 7) is 1.10. The molecule has 12 heteroatoms. The number of carbonyl (C=O) groups is 3. The van der Waals surface area contributed by atoms with E-state index in [4.69, 9.17) is 21.1 Å². The largest absolute Gasteiger partial charge is 0.493 e. The van der Waals surface area contributed by atoms with Gasteiger partial charge in [0, 0.05) is 25.2 Å². The number of likely N-dealkylation sites (tertiary alicyclic amines) is 1. The van der Waals surface area contributed by atoms with Crippen LogP contribution in [-0.2, 0) is 16.2 Å². The van der Waals surface area contributed by atoms with Crippen molar-refractivity contribution in [2.24, 2.45) is 0 Å². The molecule has 200 valence electrons. The summed E-state index contributed by atoms with van der Waals surface area (Å²) in [5.41, 5.74) is 1.18. The third kappa shape index (κ3) is 6.46. The van der Waals surface area contributed by atoms with Gasteiger partial charge < -0.3 is 14.4 Å². The van der Waals surface area contributed by atoms with Crippen LogP contribution in [0.5, 0.6) is 11.5 Å². The molecule has 0 N–H and O–H groups in total. The van der Waals surface area contributed by atoms with Crippen molar-refractivity contribution in [1.29, 1.82) is 0 Å². The number of ether oxygens (including phenoxy) is 2. The number of amides is 3. The maximum Gasteiger partial charge on any atom is 0.294 e. The highest BCUT2D eigenvalue weighted by atomic mass is 35.5. The zero-order valence-electron chi connectivity index (χ0n) is 20.7. The van der Waals surface area contributed by atoms with E-state index in [1.807, 2.05) is 0 Å². The average molecular weight is 560 g/mol. The number of nitro groups is 1. The van der Waals surface area contributed by atoms with Crippen LogP contribution in [0.1, 0.15) is 36.8 Å². The Kier molecular flexibility index (Phi) is 8.90. The van der Waals surface area contributed by atoms with Gasteiger partial charge in [-0.15, -0.1) is 0 Å². The first-order valence-corrected chi connectivity index (χ1v) is 13.2. The fraction of sp³-hybridized carbons (Fsp3) is 0.346. The summed E-state index contributed by atoms with van der Waals surface area (Å²) in [5.74, 6) is -0.187. The first-order chi connectivity index (χ1) is 18.3. The minimum atomic E-state index is -0.531. The second kappa shape index (κ2) is 12.3. The van der Waals surface area contributed by atoms with Crippen molar-refractivity contribution in [3.05, 3.63) is 67.6 Å². The van der Waals surface area contributed by atoms with Crippen LogP contribution in [0.15, 0.2) is 41.3 Å². The number of methoxy groups -OCH3 is 1. The molecule has 0 aromatic heterocycles. The van der Waals surface area contributed by atoms with Crippen molar-refractivity contribution in [3.8, 4) is 11.5 Å². The molecule has 2 aromatic carbocycles. The summed E-state index contributed by atoms with van der Waals surface area (Å²) in [6.07, 6.45) is 5.51. The highest BCUT2D eigenvalue weighted by Gasteiger charge is 2.37. The van der Waals surface area contributed by atoms with Gasteiger partial charge in [0.15, 0.2) is 11.5 Å². The molecule has 2 fully saturated rings. The lowest BCUT2D eigenvalue weighted by molar-refractivity contribution is -0.384. The normalized spacial score (nSPS) is 17.1. The molecular weight excluding hydrogens is 534 g/mol. The van der Waals surface area contributed by atoms with E-state index in [1.54, 1.807) is 29.2 Å². The van der Waals surface area contributed by atoms with Gasteiger partial charge in [-0.25, -0.2) is 0 Å². The van der Waals surface area contributed by atoms with Crippen molar-refractivity contribution < 1.29 is 28.8 Å². The van der Waals surface area contributed by atoms with Crippen LogP contribution >= 0.6 is 23.4 Å². The Hall–Kier alpha value is -3.57. The number of halogens is 1. The lowest BCUT2D eigenvalue weighted by Gasteiger charge is -2.22. The molecule has 0 saturated carbocycles. The average Bonchev–Trinajstić information content (AvgIpc) is 3.08. The quantitative estimate of drug-likeness (QED) is 0.243. The van der Waals surface area contributed by atoms with Crippen LogP contribution in [0.4, 0.5) is 10.5 Å². The smallest absolute Gasteiger partial charge is 0.294 e. The van der Waals surface area contributed by atoms with Crippen molar-refractivity contribution in [2.75, 3.05) is 26.7 Å². The van der Waals surface area contributed by atoms with E-state index in [0.29, 0.717) is 30.0 Å². The van der Waals surface area contributed by atoms with Crippen molar-refractivity contribution in [2.45, 2.75) is 32.3 Å². The number of hydrogen-bond donors (Lipinski definition) is 0. The highest BCUT2D eigenvalue weighted by Crippen LogP contribution is 2.39. The number of non-ortho nitro benzene ring substituents is 1. The molecule has 0 bridgehead atoms. The van der Waals surface area contributed by atoms with Gasteiger partial charge in [0.2, 0.25) is 5.91 Å². The summed E-state index contributed by atoms with van der Waals surface area (Å²) in [7, 11) is 1.44. The van der Waals surface area contributed by atoms with Gasteiger partial charge in [-0.1, -0.05) is 24.4 Å². The predicted octanol–water partition coefficient (Wildman–Crippen LogP) is 5.27. The molecule has 0 spiro atoms. The van der Waals surface area contributed by atoms with Gasteiger partial charge in [0.25, 0.3) is 16.8 Å². The number of benzene rings is 2. The molecule has 3 amide bonds. The molecular formula is C26H26ClN3O7S. The number of nitro benzene ring substituents is 1. The van der Waals surface area contributed by atoms with Crippen LogP contribution in [0.25, 0.3) is 6.08 Å². The Morgan fingerprint density at radius 2 is 1.82 bits per heavy atom. The molecule has 2 aliphatic heterocycles. The Balaban J connectivity index is 1.46. The molecule has 0 atom stereocenters. The summed E-state index contributed by atoms with van der Waals surface area (Å²) in [4.78, 5) is 51.4. The third-order valence-corrected chi connectivity index (χ3v) is 7.39. The van der Waals surface area contributed by atoms with E-state index in [9.17, 15) is 24.5 Å². The summed E-state index contributed by atoms with van der Waals surface area (Å²) in [6, 6.07) is 9.13. The van der Waals surface area contributed by atoms with Crippen molar-refractivity contribution in [1.82, 2.24) is 9.80 Å². The van der Waals surface area contributed by atoms with Crippen LogP contribution in [0, 0.1) is 10.1 Å². The Morgan fingerprint density at radius 3 is 2.45 bits per heavy atom. The molecule has 2 heterocycles. The number of rotatable bonds is 8. The van der Waals surface area contributed by atoms with Crippen LogP contribution in [-0.4, -0.2) is 58.5 Å². The van der Waals surface area contributed by atoms with Gasteiger partial charge in [-0.05, 0) is 66.1 Å². The van der Waals surface area contributed by atoms with Gasteiger partial charge in [0.05, 0.1) is 22.0 Å². The molecule has 38 heavy (non-hydrogen) atoms. The van der Waals surface area contributed by atoms with Crippen molar-refractivity contribution >= 4 is 52.2 Å². The number of nitrogens with zero attached hydrogens (tertiary/aromatic N) is 3. The molecule has 2 aliphatic rings. The Bertz CT molecular complexity index is 1270. The second-order valence-electron chi connectivity index (χ2n) is 8.81. The number of thioether (sulfide) groups is 1. The number of carbonyl (C=O) groups excluding carboxylic acids is 3. The van der Waals surface area contributed by atoms with Crippen LogP contribution in [0.2, 0.25) is 5.02 Å². The minimum absolute atomic E-state index is 0.0237. The summed E-state index contributed by atoms with van der Waals surface area (Å²) >= 11 is 7.22. The standard InChI is InChI=1S/C26H26ClN3O7S/c1-36-21-13-18(12-20(27)24(21)37-16-17-6-8-19(9-7-17)30(34)35)14-22-25(32)29(26(33)38-22)15-23(31)28-10-4-2-3-5-11-28/h6-9,12-14H,2-5,10-11,15-16H2,1H3. The van der Waals surface area contributed by atoms with Gasteiger partial charge in [-0.3, -0.25) is 29.4 Å². The molecule has 2 saturated heterocycles. The SMILES string of the molecule is COc1cc(C=C2SC(=O)N(CC(=O)N3CCCCCC3)C2=O)cc(Cl)c1OCc1ccc([N+](=O)[O-])cc1. The Morgan fingerprint density at radius 1 is 1.13 bits per heavy atom. The van der Waals surface area contributed by atoms with E-state index in [2.05, 4.69) is 0 Å². The van der Waals surface area contributed by atoms with Gasteiger partial charge in [0.1, 0.15) is 13.2 Å². The zero-order chi connectivity index (χ0) is 27.2. The highest BCUT2D eigenvalue weighted by molar-refractivity contribution is 8.18. The van der Waals surface area contributed by atoms with E-state index in [0.717, 1.165) is 42.3 Å². The van der Waals surface area contributed by atoms with Gasteiger partial charge >= 0.3 is 0 Å². The molecule has 10 nitrogen and oxygen atoms in total. The lowest BCUT2D eigenvalue weighted by Crippen LogP contribution is -2.42. The monoisotopic (exact) mass is 559 g/mol. The summed E-state index contributed by atoms with van der Waals surface area (Å²) in [5, 5.41) is 10.6. The fourth-order valence-electron chi connectivity index (χ4n) is 4.18. The third-order valence-electron chi connectivity index (χ3n) is 6.21. The molecule has 0 unspecified atom stereocenters. The Labute approximate surface area is 228 Å². The predicted molar refractivity (Wildman–Crippen MR) is 143 cm³/mol. The van der Waals surface area contributed by atoms with Gasteiger partial charge in [-0.2, -0.15) is 0 Å². The van der Waals surface area contributed by atoms with E-state index >= 15 is 0 Å². The zero-order valence-corrected chi connectivity index (χ0v) is 22.3. The van der Waals surface area contributed by atoms with E-state index < -0.39 is 16.1 Å². The first-order valence-electron chi connectivity index (χ1n) is 12.0. The van der Waals surface area contributed by atoms with Crippen molar-refractivity contribution in [3.63, 3.8) is 0 Å². The fourth-order valence-corrected chi connectivity index (χ4v) is 5.29. The molecule has 2 aromatic rings. The first kappa shape index (κ1) is 27.5. The molecule has 0 aliphatic carbocycles. The van der Waals surface area contributed by atoms with Crippen LogP contribution in [0.3, 0.4) is 0 Å². The minimum Gasteiger partial charge on any atom is -0.493 e. The summed E-state index contributed by atoms with van der Waals surface area (Å²) < 4.78 is 11.2. The number of hydrogen-bond acceptors (Lipinski definition) is 8. The molecule has 0 radical (unpaired) electrons.